The maximum Gasteiger partial charge on any atom is 0.320 e. The molecule has 0 aliphatic heterocycles. The fourth-order valence-electron chi connectivity index (χ4n) is 2.45. The summed E-state index contributed by atoms with van der Waals surface area (Å²) < 4.78 is 11.0. The smallest absolute Gasteiger partial charge is 0.320 e. The van der Waals surface area contributed by atoms with Crippen molar-refractivity contribution in [2.75, 3.05) is 13.7 Å². The van der Waals surface area contributed by atoms with E-state index in [1.54, 1.807) is 13.2 Å². The van der Waals surface area contributed by atoms with Crippen LogP contribution in [0.4, 0.5) is 0 Å². The number of carbonyl (C=O) groups is 2. The molecule has 0 amide bonds. The van der Waals surface area contributed by atoms with Crippen molar-refractivity contribution in [2.24, 2.45) is 11.7 Å². The van der Waals surface area contributed by atoms with Crippen LogP contribution in [0, 0.1) is 5.92 Å². The molecule has 1 rings (SSSR count). The summed E-state index contributed by atoms with van der Waals surface area (Å²) in [7, 11) is 1.58. The topological polar surface area (TPSA) is 98.9 Å². The van der Waals surface area contributed by atoms with Gasteiger partial charge in [-0.1, -0.05) is 32.4 Å². The summed E-state index contributed by atoms with van der Waals surface area (Å²) in [6.45, 7) is 4.55. The SMILES string of the molecule is CCCCOc1ccc(C=CC(=O)CC(C)C[C@H](N)C(=O)O)cc1OC. The van der Waals surface area contributed by atoms with Crippen molar-refractivity contribution in [1.82, 2.24) is 0 Å². The minimum absolute atomic E-state index is 0.0719. The highest BCUT2D eigenvalue weighted by molar-refractivity contribution is 5.93. The van der Waals surface area contributed by atoms with E-state index >= 15 is 0 Å². The number of rotatable bonds is 12. The Balaban J connectivity index is 2.63. The van der Waals surface area contributed by atoms with Crippen molar-refractivity contribution >= 4 is 17.8 Å². The van der Waals surface area contributed by atoms with Gasteiger partial charge in [-0.05, 0) is 42.5 Å². The predicted octanol–water partition coefficient (Wildman–Crippen LogP) is 3.28. The van der Waals surface area contributed by atoms with Crippen LogP contribution < -0.4 is 15.2 Å². The van der Waals surface area contributed by atoms with Crippen LogP contribution in [0.5, 0.6) is 11.5 Å². The second-order valence-electron chi connectivity index (χ2n) is 6.40. The van der Waals surface area contributed by atoms with E-state index in [0.717, 1.165) is 18.4 Å². The van der Waals surface area contributed by atoms with Crippen LogP contribution in [0.2, 0.25) is 0 Å². The van der Waals surface area contributed by atoms with E-state index < -0.39 is 12.0 Å². The first kappa shape index (κ1) is 21.7. The minimum atomic E-state index is -1.05. The van der Waals surface area contributed by atoms with Gasteiger partial charge in [-0.2, -0.15) is 0 Å². The third-order valence-electron chi connectivity index (χ3n) is 3.93. The largest absolute Gasteiger partial charge is 0.493 e. The lowest BCUT2D eigenvalue weighted by Gasteiger charge is -2.12. The average Bonchev–Trinajstić information content (AvgIpc) is 2.60. The van der Waals surface area contributed by atoms with Gasteiger partial charge in [0.25, 0.3) is 0 Å². The number of carboxylic acids is 1. The molecular formula is C20H29NO5. The molecule has 1 aromatic rings. The zero-order valence-corrected chi connectivity index (χ0v) is 15.7. The molecule has 0 saturated heterocycles. The van der Waals surface area contributed by atoms with Gasteiger partial charge in [0.05, 0.1) is 13.7 Å². The van der Waals surface area contributed by atoms with E-state index in [0.29, 0.717) is 18.1 Å². The molecule has 1 aromatic carbocycles. The van der Waals surface area contributed by atoms with Crippen LogP contribution in [-0.2, 0) is 9.59 Å². The number of methoxy groups -OCH3 is 1. The zero-order chi connectivity index (χ0) is 19.5. The van der Waals surface area contributed by atoms with Gasteiger partial charge in [-0.15, -0.1) is 0 Å². The van der Waals surface area contributed by atoms with Crippen LogP contribution >= 0.6 is 0 Å². The highest BCUT2D eigenvalue weighted by atomic mass is 16.5. The summed E-state index contributed by atoms with van der Waals surface area (Å²) in [6, 6.07) is 4.56. The summed E-state index contributed by atoms with van der Waals surface area (Å²) in [5.41, 5.74) is 6.32. The lowest BCUT2D eigenvalue weighted by atomic mass is 9.96. The molecule has 1 unspecified atom stereocenters. The van der Waals surface area contributed by atoms with E-state index in [-0.39, 0.29) is 24.5 Å². The molecule has 6 nitrogen and oxygen atoms in total. The van der Waals surface area contributed by atoms with Gasteiger partial charge in [0, 0.05) is 6.42 Å². The van der Waals surface area contributed by atoms with E-state index in [4.69, 9.17) is 20.3 Å². The first-order valence-electron chi connectivity index (χ1n) is 8.87. The molecular weight excluding hydrogens is 334 g/mol. The van der Waals surface area contributed by atoms with Crippen molar-refractivity contribution in [3.63, 3.8) is 0 Å². The van der Waals surface area contributed by atoms with Crippen molar-refractivity contribution in [3.05, 3.63) is 29.8 Å². The van der Waals surface area contributed by atoms with Crippen molar-refractivity contribution in [3.8, 4) is 11.5 Å². The van der Waals surface area contributed by atoms with Crippen LogP contribution in [0.1, 0.15) is 45.1 Å². The third-order valence-corrected chi connectivity index (χ3v) is 3.93. The Labute approximate surface area is 155 Å². The average molecular weight is 363 g/mol. The molecule has 0 fully saturated rings. The van der Waals surface area contributed by atoms with Crippen molar-refractivity contribution in [1.29, 1.82) is 0 Å². The molecule has 0 aromatic heterocycles. The molecule has 2 atom stereocenters. The highest BCUT2D eigenvalue weighted by Gasteiger charge is 2.17. The fraction of sp³-hybridized carbons (Fsp3) is 0.500. The van der Waals surface area contributed by atoms with E-state index in [2.05, 4.69) is 6.92 Å². The Bertz CT molecular complexity index is 627. The van der Waals surface area contributed by atoms with Crippen molar-refractivity contribution < 1.29 is 24.2 Å². The van der Waals surface area contributed by atoms with Gasteiger partial charge in [-0.3, -0.25) is 9.59 Å². The standard InChI is InChI=1S/C20H29NO5/c1-4-5-10-26-18-9-7-15(13-19(18)25-3)6-8-16(22)11-14(2)12-17(21)20(23)24/h6-9,13-14,17H,4-5,10-12,21H2,1-3H3,(H,23,24)/t14?,17-/m0/s1. The predicted molar refractivity (Wildman–Crippen MR) is 101 cm³/mol. The Morgan fingerprint density at radius 2 is 2.04 bits per heavy atom. The summed E-state index contributed by atoms with van der Waals surface area (Å²) in [6.07, 6.45) is 5.77. The van der Waals surface area contributed by atoms with Gasteiger partial charge >= 0.3 is 5.97 Å². The molecule has 0 aliphatic carbocycles. The summed E-state index contributed by atoms with van der Waals surface area (Å²) >= 11 is 0. The number of carbonyl (C=O) groups excluding carboxylic acids is 1. The lowest BCUT2D eigenvalue weighted by molar-refractivity contribution is -0.139. The van der Waals surface area contributed by atoms with Crippen LogP contribution in [0.15, 0.2) is 24.3 Å². The normalized spacial score (nSPS) is 13.4. The number of aliphatic carboxylic acids is 1. The molecule has 144 valence electrons. The summed E-state index contributed by atoms with van der Waals surface area (Å²) in [5.74, 6) is 0.0878. The molecule has 6 heteroatoms. The van der Waals surface area contributed by atoms with E-state index in [1.807, 2.05) is 25.1 Å². The first-order chi connectivity index (χ1) is 12.4. The van der Waals surface area contributed by atoms with Gasteiger partial charge in [0.15, 0.2) is 17.3 Å². The number of ether oxygens (including phenoxy) is 2. The molecule has 26 heavy (non-hydrogen) atoms. The molecule has 0 spiro atoms. The number of unbranched alkanes of at least 4 members (excludes halogenated alkanes) is 1. The number of ketones is 1. The number of hydrogen-bond donors (Lipinski definition) is 2. The number of benzene rings is 1. The van der Waals surface area contributed by atoms with Crippen LogP contribution in [-0.4, -0.2) is 36.6 Å². The first-order valence-corrected chi connectivity index (χ1v) is 8.87. The Morgan fingerprint density at radius 3 is 2.65 bits per heavy atom. The molecule has 0 saturated carbocycles. The summed E-state index contributed by atoms with van der Waals surface area (Å²) in [4.78, 5) is 22.8. The molecule has 0 aliphatic rings. The molecule has 0 heterocycles. The van der Waals surface area contributed by atoms with Gasteiger partial charge in [0.1, 0.15) is 6.04 Å². The maximum atomic E-state index is 12.0. The van der Waals surface area contributed by atoms with Crippen LogP contribution in [0.3, 0.4) is 0 Å². The summed E-state index contributed by atoms with van der Waals surface area (Å²) in [5, 5.41) is 8.81. The van der Waals surface area contributed by atoms with Gasteiger partial charge in [-0.25, -0.2) is 0 Å². The number of carboxylic acid groups (broad SMARTS) is 1. The van der Waals surface area contributed by atoms with Gasteiger partial charge in [0.2, 0.25) is 0 Å². The van der Waals surface area contributed by atoms with Crippen molar-refractivity contribution in [2.45, 2.75) is 45.6 Å². The Kier molecular flexibility index (Phi) is 9.44. The fourth-order valence-corrected chi connectivity index (χ4v) is 2.45. The zero-order valence-electron chi connectivity index (χ0n) is 15.7. The second kappa shape index (κ2) is 11.3. The second-order valence-corrected chi connectivity index (χ2v) is 6.40. The van der Waals surface area contributed by atoms with Gasteiger partial charge < -0.3 is 20.3 Å². The monoisotopic (exact) mass is 363 g/mol. The Morgan fingerprint density at radius 1 is 1.31 bits per heavy atom. The molecule has 3 N–H and O–H groups in total. The molecule has 0 radical (unpaired) electrons. The maximum absolute atomic E-state index is 12.0. The number of allylic oxidation sites excluding steroid dienone is 1. The van der Waals surface area contributed by atoms with E-state index in [1.165, 1.54) is 6.08 Å². The van der Waals surface area contributed by atoms with E-state index in [9.17, 15) is 9.59 Å². The Hall–Kier alpha value is -2.34. The quantitative estimate of drug-likeness (QED) is 0.437. The lowest BCUT2D eigenvalue weighted by Crippen LogP contribution is -2.32. The molecule has 0 bridgehead atoms. The number of nitrogens with two attached hydrogens (primary N) is 1. The third kappa shape index (κ3) is 7.70. The minimum Gasteiger partial charge on any atom is -0.493 e. The van der Waals surface area contributed by atoms with Crippen LogP contribution in [0.25, 0.3) is 6.08 Å². The highest BCUT2D eigenvalue weighted by Crippen LogP contribution is 2.28. The number of hydrogen-bond acceptors (Lipinski definition) is 5.